The quantitative estimate of drug-likeness (QED) is 0.728. The molecular formula is C16H15Br2NO. The maximum Gasteiger partial charge on any atom is 0.255 e. The molecule has 0 radical (unpaired) electrons. The average molecular weight is 397 g/mol. The van der Waals surface area contributed by atoms with Gasteiger partial charge < -0.3 is 5.32 Å². The third-order valence-corrected chi connectivity index (χ3v) is 3.92. The Hall–Kier alpha value is -1.13. The first-order valence-electron chi connectivity index (χ1n) is 6.32. The fourth-order valence-electron chi connectivity index (χ4n) is 1.94. The minimum absolute atomic E-state index is 0.0803. The summed E-state index contributed by atoms with van der Waals surface area (Å²) in [6.45, 7) is 1.93. The van der Waals surface area contributed by atoms with Crippen LogP contribution in [0.2, 0.25) is 0 Å². The topological polar surface area (TPSA) is 29.1 Å². The number of nitrogens with one attached hydrogen (secondary N) is 1. The summed E-state index contributed by atoms with van der Waals surface area (Å²) in [5.41, 5.74) is 3.71. The first kappa shape index (κ1) is 15.3. The molecule has 2 aromatic rings. The summed E-state index contributed by atoms with van der Waals surface area (Å²) in [4.78, 5) is 12.2. The Balaban J connectivity index is 2.11. The summed E-state index contributed by atoms with van der Waals surface area (Å²) in [6, 6.07) is 13.6. The number of halogens is 2. The first-order valence-corrected chi connectivity index (χ1v) is 8.24. The second kappa shape index (κ2) is 7.04. The Morgan fingerprint density at radius 2 is 1.85 bits per heavy atom. The number of benzene rings is 2. The van der Waals surface area contributed by atoms with E-state index in [0.717, 1.165) is 27.5 Å². The second-order valence-corrected chi connectivity index (χ2v) is 6.26. The lowest BCUT2D eigenvalue weighted by Gasteiger charge is -2.08. The highest BCUT2D eigenvalue weighted by atomic mass is 79.9. The molecule has 0 unspecified atom stereocenters. The molecule has 20 heavy (non-hydrogen) atoms. The van der Waals surface area contributed by atoms with E-state index < -0.39 is 0 Å². The van der Waals surface area contributed by atoms with Gasteiger partial charge >= 0.3 is 0 Å². The monoisotopic (exact) mass is 395 g/mol. The van der Waals surface area contributed by atoms with E-state index in [1.54, 1.807) is 0 Å². The molecular weight excluding hydrogens is 382 g/mol. The van der Waals surface area contributed by atoms with Crippen LogP contribution in [0.1, 0.15) is 21.5 Å². The number of carbonyl (C=O) groups excluding carboxylic acids is 1. The first-order chi connectivity index (χ1) is 9.60. The molecule has 1 N–H and O–H groups in total. The van der Waals surface area contributed by atoms with E-state index in [9.17, 15) is 4.79 Å². The summed E-state index contributed by atoms with van der Waals surface area (Å²) in [5, 5.41) is 3.86. The number of anilines is 1. The molecule has 2 nitrogen and oxygen atoms in total. The number of amides is 1. The molecule has 0 atom stereocenters. The van der Waals surface area contributed by atoms with Gasteiger partial charge in [0.1, 0.15) is 0 Å². The number of aryl methyl sites for hydroxylation is 2. The minimum Gasteiger partial charge on any atom is -0.322 e. The van der Waals surface area contributed by atoms with Crippen molar-refractivity contribution in [3.05, 3.63) is 63.6 Å². The number of alkyl halides is 1. The molecule has 0 spiro atoms. The number of rotatable bonds is 4. The fourth-order valence-corrected chi connectivity index (χ4v) is 2.88. The van der Waals surface area contributed by atoms with Crippen LogP contribution < -0.4 is 5.32 Å². The van der Waals surface area contributed by atoms with Crippen LogP contribution in [-0.2, 0) is 6.42 Å². The Kier molecular flexibility index (Phi) is 5.38. The average Bonchev–Trinajstić information content (AvgIpc) is 2.41. The van der Waals surface area contributed by atoms with Crippen LogP contribution in [0.4, 0.5) is 5.69 Å². The second-order valence-electron chi connectivity index (χ2n) is 4.55. The molecule has 4 heteroatoms. The van der Waals surface area contributed by atoms with E-state index in [1.807, 2.05) is 49.4 Å². The highest BCUT2D eigenvalue weighted by Crippen LogP contribution is 2.18. The minimum atomic E-state index is -0.0803. The summed E-state index contributed by atoms with van der Waals surface area (Å²) < 4.78 is 0.977. The van der Waals surface area contributed by atoms with Crippen LogP contribution in [0.3, 0.4) is 0 Å². The fraction of sp³-hybridized carbons (Fsp3) is 0.188. The van der Waals surface area contributed by atoms with Crippen LogP contribution in [0.25, 0.3) is 0 Å². The van der Waals surface area contributed by atoms with Gasteiger partial charge in [-0.3, -0.25) is 4.79 Å². The molecule has 0 saturated heterocycles. The van der Waals surface area contributed by atoms with Crippen molar-refractivity contribution in [1.29, 1.82) is 0 Å². The van der Waals surface area contributed by atoms with Crippen molar-refractivity contribution in [2.24, 2.45) is 0 Å². The standard InChI is InChI=1S/C16H15Br2NO/c1-11-10-13(18)4-7-15(11)16(20)19-14-5-2-12(3-6-14)8-9-17/h2-7,10H,8-9H2,1H3,(H,19,20). The Morgan fingerprint density at radius 3 is 2.45 bits per heavy atom. The van der Waals surface area contributed by atoms with Gasteiger partial charge in [0.05, 0.1) is 0 Å². The van der Waals surface area contributed by atoms with Crippen molar-refractivity contribution in [2.45, 2.75) is 13.3 Å². The maximum atomic E-state index is 12.2. The molecule has 0 heterocycles. The molecule has 0 aromatic heterocycles. The lowest BCUT2D eigenvalue weighted by molar-refractivity contribution is 0.102. The van der Waals surface area contributed by atoms with Gasteiger partial charge in [-0.25, -0.2) is 0 Å². The summed E-state index contributed by atoms with van der Waals surface area (Å²) >= 11 is 6.82. The van der Waals surface area contributed by atoms with Gasteiger partial charge in [-0.05, 0) is 54.8 Å². The predicted octanol–water partition coefficient (Wildman–Crippen LogP) is 4.95. The molecule has 0 saturated carbocycles. The zero-order valence-corrected chi connectivity index (χ0v) is 14.3. The van der Waals surface area contributed by atoms with Crippen LogP contribution in [0, 0.1) is 6.92 Å². The van der Waals surface area contributed by atoms with Crippen LogP contribution in [0.5, 0.6) is 0 Å². The van der Waals surface area contributed by atoms with Crippen molar-refractivity contribution in [1.82, 2.24) is 0 Å². The van der Waals surface area contributed by atoms with E-state index in [0.29, 0.717) is 5.56 Å². The molecule has 1 amide bonds. The Morgan fingerprint density at radius 1 is 1.15 bits per heavy atom. The molecule has 0 aliphatic carbocycles. The number of hydrogen-bond donors (Lipinski definition) is 1. The third-order valence-electron chi connectivity index (χ3n) is 3.03. The number of carbonyl (C=O) groups is 1. The largest absolute Gasteiger partial charge is 0.322 e. The van der Waals surface area contributed by atoms with E-state index in [4.69, 9.17) is 0 Å². The zero-order chi connectivity index (χ0) is 14.5. The van der Waals surface area contributed by atoms with Gasteiger partial charge in [-0.15, -0.1) is 0 Å². The van der Waals surface area contributed by atoms with Crippen molar-refractivity contribution in [3.8, 4) is 0 Å². The lowest BCUT2D eigenvalue weighted by Crippen LogP contribution is -2.13. The highest BCUT2D eigenvalue weighted by Gasteiger charge is 2.09. The van der Waals surface area contributed by atoms with Crippen LogP contribution in [-0.4, -0.2) is 11.2 Å². The third kappa shape index (κ3) is 3.93. The smallest absolute Gasteiger partial charge is 0.255 e. The van der Waals surface area contributed by atoms with Crippen molar-refractivity contribution >= 4 is 43.5 Å². The van der Waals surface area contributed by atoms with Gasteiger partial charge in [0, 0.05) is 21.1 Å². The van der Waals surface area contributed by atoms with Gasteiger partial charge in [-0.2, -0.15) is 0 Å². The maximum absolute atomic E-state index is 12.2. The molecule has 0 aliphatic heterocycles. The number of hydrogen-bond acceptors (Lipinski definition) is 1. The molecule has 104 valence electrons. The van der Waals surface area contributed by atoms with Crippen molar-refractivity contribution < 1.29 is 4.79 Å². The lowest BCUT2D eigenvalue weighted by atomic mass is 10.1. The summed E-state index contributed by atoms with van der Waals surface area (Å²) in [7, 11) is 0. The molecule has 0 bridgehead atoms. The normalized spacial score (nSPS) is 10.3. The van der Waals surface area contributed by atoms with Gasteiger partial charge in [0.25, 0.3) is 5.91 Å². The van der Waals surface area contributed by atoms with Gasteiger partial charge in [-0.1, -0.05) is 44.0 Å². The van der Waals surface area contributed by atoms with E-state index in [1.165, 1.54) is 5.56 Å². The van der Waals surface area contributed by atoms with E-state index in [-0.39, 0.29) is 5.91 Å². The van der Waals surface area contributed by atoms with Gasteiger partial charge in [0.15, 0.2) is 0 Å². The highest BCUT2D eigenvalue weighted by molar-refractivity contribution is 9.10. The SMILES string of the molecule is Cc1cc(Br)ccc1C(=O)Nc1ccc(CCBr)cc1. The molecule has 2 rings (SSSR count). The Labute approximate surface area is 135 Å². The molecule has 0 aliphatic rings. The molecule has 2 aromatic carbocycles. The molecule has 0 fully saturated rings. The van der Waals surface area contributed by atoms with Crippen LogP contribution in [0.15, 0.2) is 46.9 Å². The summed E-state index contributed by atoms with van der Waals surface area (Å²) in [6.07, 6.45) is 0.986. The zero-order valence-electron chi connectivity index (χ0n) is 11.1. The van der Waals surface area contributed by atoms with Crippen molar-refractivity contribution in [3.63, 3.8) is 0 Å². The Bertz CT molecular complexity index is 608. The van der Waals surface area contributed by atoms with E-state index in [2.05, 4.69) is 37.2 Å². The van der Waals surface area contributed by atoms with Gasteiger partial charge in [0.2, 0.25) is 0 Å². The summed E-state index contributed by atoms with van der Waals surface area (Å²) in [5.74, 6) is -0.0803. The van der Waals surface area contributed by atoms with Crippen molar-refractivity contribution in [2.75, 3.05) is 10.6 Å². The van der Waals surface area contributed by atoms with E-state index >= 15 is 0 Å². The predicted molar refractivity (Wildman–Crippen MR) is 90.8 cm³/mol. The van der Waals surface area contributed by atoms with Crippen LogP contribution >= 0.6 is 31.9 Å².